The van der Waals surface area contributed by atoms with Crippen molar-refractivity contribution in [2.45, 2.75) is 18.2 Å². The molecule has 0 aliphatic heterocycles. The van der Waals surface area contributed by atoms with E-state index < -0.39 is 0 Å². The minimum Gasteiger partial charge on any atom is -0.395 e. The molecule has 2 aromatic rings. The summed E-state index contributed by atoms with van der Waals surface area (Å²) >= 11 is 1.61. The Balaban J connectivity index is 2.44. The fourth-order valence-electron chi connectivity index (χ4n) is 2.14. The van der Waals surface area contributed by atoms with Gasteiger partial charge in [-0.1, -0.05) is 18.2 Å². The summed E-state index contributed by atoms with van der Waals surface area (Å²) in [5.41, 5.74) is 2.16. The number of thioether (sulfide) groups is 1. The SMILES string of the molecule is CSC(CO)C(C)Nc1c(C#N)cnc2ccccc12. The lowest BCUT2D eigenvalue weighted by atomic mass is 10.1. The second kappa shape index (κ2) is 6.60. The third kappa shape index (κ3) is 2.87. The van der Waals surface area contributed by atoms with Gasteiger partial charge in [-0.25, -0.2) is 0 Å². The average molecular weight is 287 g/mol. The van der Waals surface area contributed by atoms with Crippen LogP contribution in [0, 0.1) is 11.3 Å². The van der Waals surface area contributed by atoms with Crippen molar-refractivity contribution in [2.24, 2.45) is 0 Å². The van der Waals surface area contributed by atoms with Crippen LogP contribution in [-0.4, -0.2) is 34.2 Å². The van der Waals surface area contributed by atoms with Gasteiger partial charge in [0, 0.05) is 22.9 Å². The van der Waals surface area contributed by atoms with Crippen LogP contribution < -0.4 is 5.32 Å². The Hall–Kier alpha value is -1.77. The van der Waals surface area contributed by atoms with E-state index in [9.17, 15) is 10.4 Å². The Bertz CT molecular complexity index is 635. The van der Waals surface area contributed by atoms with Crippen molar-refractivity contribution in [3.8, 4) is 6.07 Å². The molecule has 0 aliphatic rings. The van der Waals surface area contributed by atoms with E-state index in [0.717, 1.165) is 16.6 Å². The maximum absolute atomic E-state index is 9.38. The van der Waals surface area contributed by atoms with Crippen molar-refractivity contribution in [1.29, 1.82) is 5.26 Å². The summed E-state index contributed by atoms with van der Waals surface area (Å²) < 4.78 is 0. The molecule has 2 atom stereocenters. The number of pyridine rings is 1. The van der Waals surface area contributed by atoms with E-state index >= 15 is 0 Å². The number of benzene rings is 1. The smallest absolute Gasteiger partial charge is 0.103 e. The first-order valence-corrected chi connectivity index (χ1v) is 7.68. The van der Waals surface area contributed by atoms with Crippen LogP contribution in [0.4, 0.5) is 5.69 Å². The van der Waals surface area contributed by atoms with Gasteiger partial charge in [0.15, 0.2) is 0 Å². The van der Waals surface area contributed by atoms with E-state index in [-0.39, 0.29) is 17.9 Å². The van der Waals surface area contributed by atoms with Crippen molar-refractivity contribution in [1.82, 2.24) is 4.98 Å². The molecule has 0 saturated heterocycles. The van der Waals surface area contributed by atoms with E-state index in [2.05, 4.69) is 16.4 Å². The lowest BCUT2D eigenvalue weighted by Gasteiger charge is -2.23. The second-order valence-electron chi connectivity index (χ2n) is 4.57. The summed E-state index contributed by atoms with van der Waals surface area (Å²) in [5, 5.41) is 23.0. The zero-order valence-corrected chi connectivity index (χ0v) is 12.3. The normalized spacial score (nSPS) is 13.7. The number of nitrogens with one attached hydrogen (secondary N) is 1. The van der Waals surface area contributed by atoms with Gasteiger partial charge >= 0.3 is 0 Å². The second-order valence-corrected chi connectivity index (χ2v) is 5.64. The third-order valence-electron chi connectivity index (χ3n) is 3.31. The standard InChI is InChI=1S/C15H17N3OS/c1-10(14(9-19)20-2)18-15-11(7-16)8-17-13-6-4-3-5-12(13)15/h3-6,8,10,14,19H,9H2,1-2H3,(H,17,18). The van der Waals surface area contributed by atoms with E-state index in [4.69, 9.17) is 0 Å². The molecule has 2 rings (SSSR count). The number of para-hydroxylation sites is 1. The number of anilines is 1. The quantitative estimate of drug-likeness (QED) is 0.884. The van der Waals surface area contributed by atoms with E-state index in [1.807, 2.05) is 37.4 Å². The number of aromatic nitrogens is 1. The first-order valence-electron chi connectivity index (χ1n) is 6.39. The zero-order valence-electron chi connectivity index (χ0n) is 11.5. The van der Waals surface area contributed by atoms with Gasteiger partial charge in [-0.05, 0) is 19.2 Å². The molecule has 1 aromatic carbocycles. The molecule has 2 unspecified atom stereocenters. The number of hydrogen-bond donors (Lipinski definition) is 2. The minimum absolute atomic E-state index is 0.0490. The maximum atomic E-state index is 9.38. The van der Waals surface area contributed by atoms with E-state index in [1.54, 1.807) is 18.0 Å². The van der Waals surface area contributed by atoms with Crippen LogP contribution in [0.2, 0.25) is 0 Å². The molecular formula is C15H17N3OS. The molecule has 20 heavy (non-hydrogen) atoms. The van der Waals surface area contributed by atoms with E-state index in [1.165, 1.54) is 0 Å². The number of hydrogen-bond acceptors (Lipinski definition) is 5. The van der Waals surface area contributed by atoms with Gasteiger partial charge in [0.25, 0.3) is 0 Å². The van der Waals surface area contributed by atoms with Crippen LogP contribution in [0.5, 0.6) is 0 Å². The molecular weight excluding hydrogens is 270 g/mol. The Labute approximate surface area is 122 Å². The van der Waals surface area contributed by atoms with Crippen molar-refractivity contribution in [3.05, 3.63) is 36.0 Å². The van der Waals surface area contributed by atoms with Crippen LogP contribution in [0.15, 0.2) is 30.5 Å². The molecule has 0 fully saturated rings. The molecule has 104 valence electrons. The molecule has 0 saturated carbocycles. The highest BCUT2D eigenvalue weighted by Crippen LogP contribution is 2.27. The molecule has 5 heteroatoms. The molecule has 0 amide bonds. The largest absolute Gasteiger partial charge is 0.395 e. The van der Waals surface area contributed by atoms with Crippen LogP contribution in [0.25, 0.3) is 10.9 Å². The molecule has 2 N–H and O–H groups in total. The number of rotatable bonds is 5. The zero-order chi connectivity index (χ0) is 14.5. The maximum Gasteiger partial charge on any atom is 0.103 e. The van der Waals surface area contributed by atoms with Crippen LogP contribution >= 0.6 is 11.8 Å². The van der Waals surface area contributed by atoms with Crippen LogP contribution in [0.1, 0.15) is 12.5 Å². The number of nitriles is 1. The average Bonchev–Trinajstić information content (AvgIpc) is 2.49. The highest BCUT2D eigenvalue weighted by atomic mass is 32.2. The predicted molar refractivity (Wildman–Crippen MR) is 83.9 cm³/mol. The summed E-state index contributed by atoms with van der Waals surface area (Å²) in [7, 11) is 0. The molecule has 0 bridgehead atoms. The van der Waals surface area contributed by atoms with Crippen molar-refractivity contribution < 1.29 is 5.11 Å². The number of aliphatic hydroxyl groups excluding tert-OH is 1. The van der Waals surface area contributed by atoms with Gasteiger partial charge in [0.05, 0.1) is 23.4 Å². The summed E-state index contributed by atoms with van der Waals surface area (Å²) in [6.07, 6.45) is 3.55. The Morgan fingerprint density at radius 2 is 2.20 bits per heavy atom. The highest BCUT2D eigenvalue weighted by Gasteiger charge is 2.18. The van der Waals surface area contributed by atoms with Gasteiger partial charge < -0.3 is 10.4 Å². The molecule has 1 heterocycles. The number of fused-ring (bicyclic) bond motifs is 1. The fourth-order valence-corrected chi connectivity index (χ4v) is 2.76. The molecule has 0 aliphatic carbocycles. The summed E-state index contributed by atoms with van der Waals surface area (Å²) in [6.45, 7) is 2.11. The molecule has 0 spiro atoms. The topological polar surface area (TPSA) is 68.9 Å². The van der Waals surface area contributed by atoms with Crippen molar-refractivity contribution in [2.75, 3.05) is 18.2 Å². The lowest BCUT2D eigenvalue weighted by Crippen LogP contribution is -2.31. The lowest BCUT2D eigenvalue weighted by molar-refractivity contribution is 0.288. The van der Waals surface area contributed by atoms with Gasteiger partial charge in [0.2, 0.25) is 0 Å². The molecule has 0 radical (unpaired) electrons. The number of nitrogens with zero attached hydrogens (tertiary/aromatic N) is 2. The summed E-state index contributed by atoms with van der Waals surface area (Å²) in [5.74, 6) is 0. The monoisotopic (exact) mass is 287 g/mol. The van der Waals surface area contributed by atoms with Gasteiger partial charge in [-0.15, -0.1) is 0 Å². The minimum atomic E-state index is 0.0490. The Morgan fingerprint density at radius 3 is 2.85 bits per heavy atom. The highest BCUT2D eigenvalue weighted by molar-refractivity contribution is 7.99. The molecule has 1 aromatic heterocycles. The summed E-state index contributed by atoms with van der Waals surface area (Å²) in [6, 6.07) is 9.95. The third-order valence-corrected chi connectivity index (χ3v) is 4.47. The van der Waals surface area contributed by atoms with Crippen molar-refractivity contribution in [3.63, 3.8) is 0 Å². The molecule has 4 nitrogen and oxygen atoms in total. The Morgan fingerprint density at radius 1 is 1.45 bits per heavy atom. The van der Waals surface area contributed by atoms with Gasteiger partial charge in [-0.3, -0.25) is 4.98 Å². The van der Waals surface area contributed by atoms with Gasteiger partial charge in [0.1, 0.15) is 6.07 Å². The van der Waals surface area contributed by atoms with Gasteiger partial charge in [-0.2, -0.15) is 17.0 Å². The predicted octanol–water partition coefficient (Wildman–Crippen LogP) is 2.63. The number of aliphatic hydroxyl groups is 1. The van der Waals surface area contributed by atoms with Crippen LogP contribution in [-0.2, 0) is 0 Å². The van der Waals surface area contributed by atoms with Crippen molar-refractivity contribution >= 4 is 28.4 Å². The first kappa shape index (κ1) is 14.6. The summed E-state index contributed by atoms with van der Waals surface area (Å²) in [4.78, 5) is 4.29. The fraction of sp³-hybridized carbons (Fsp3) is 0.333. The van der Waals surface area contributed by atoms with E-state index in [0.29, 0.717) is 5.56 Å². The van der Waals surface area contributed by atoms with Crippen LogP contribution in [0.3, 0.4) is 0 Å². The Kier molecular flexibility index (Phi) is 4.83. The first-order chi connectivity index (χ1) is 9.71.